The smallest absolute Gasteiger partial charge is 0.343 e. The van der Waals surface area contributed by atoms with Crippen LogP contribution in [0.25, 0.3) is 0 Å². The van der Waals surface area contributed by atoms with Crippen molar-refractivity contribution in [2.45, 2.75) is 25.9 Å². The first-order valence-corrected chi connectivity index (χ1v) is 10.8. The van der Waals surface area contributed by atoms with Crippen molar-refractivity contribution in [3.05, 3.63) is 95.1 Å². The average molecular weight is 547 g/mol. The molecule has 37 heavy (non-hydrogen) atoms. The molecule has 1 unspecified atom stereocenters. The van der Waals surface area contributed by atoms with Crippen LogP contribution >= 0.6 is 24.8 Å². The third kappa shape index (κ3) is 8.04. The van der Waals surface area contributed by atoms with Gasteiger partial charge in [0.05, 0.1) is 11.4 Å². The lowest BCUT2D eigenvalue weighted by molar-refractivity contribution is -0.145. The van der Waals surface area contributed by atoms with Crippen molar-refractivity contribution in [3.8, 4) is 0 Å². The molecule has 3 aromatic carbocycles. The van der Waals surface area contributed by atoms with E-state index in [2.05, 4.69) is 10.8 Å². The van der Waals surface area contributed by atoms with Crippen molar-refractivity contribution < 1.29 is 24.3 Å². The number of nitrogens with one attached hydrogen (secondary N) is 3. The number of halogens is 2. The second-order valence-corrected chi connectivity index (χ2v) is 8.07. The van der Waals surface area contributed by atoms with Crippen LogP contribution in [0, 0.1) is 5.41 Å². The molecule has 0 fully saturated rings. The Kier molecular flexibility index (Phi) is 11.8. The molecule has 0 saturated heterocycles. The molecule has 196 valence electrons. The number of ketones is 1. The molecule has 0 aliphatic carbocycles. The largest absolute Gasteiger partial charge is 0.479 e. The predicted molar refractivity (Wildman–Crippen MR) is 147 cm³/mol. The molecule has 6 N–H and O–H groups in total. The summed E-state index contributed by atoms with van der Waals surface area (Å²) in [4.78, 5) is 42.5. The summed E-state index contributed by atoms with van der Waals surface area (Å²) in [6.45, 7) is 4.03. The number of anilines is 2. The summed E-state index contributed by atoms with van der Waals surface area (Å²) in [5.41, 5.74) is 10.4. The van der Waals surface area contributed by atoms with Crippen LogP contribution < -0.4 is 16.5 Å². The lowest BCUT2D eigenvalue weighted by atomic mass is 9.99. The standard InChI is InChI=1S/C26H26N4O5.2ClH/c1-15(2)16-10-12-17(13-11-16)22(31)23(26(33)34)35-30-21-9-4-3-8-20(21)29-25(32)19-7-5-6-18(14-19)24(27)28;;/h3-15,23,30H,1-2H3,(H3,27,28)(H,29,32)(H,33,34);2*1H. The summed E-state index contributed by atoms with van der Waals surface area (Å²) in [6.07, 6.45) is -1.81. The van der Waals surface area contributed by atoms with Crippen LogP contribution in [0.3, 0.4) is 0 Å². The maximum Gasteiger partial charge on any atom is 0.343 e. The van der Waals surface area contributed by atoms with Gasteiger partial charge >= 0.3 is 5.97 Å². The third-order valence-electron chi connectivity index (χ3n) is 5.22. The number of carboxylic acid groups (broad SMARTS) is 1. The van der Waals surface area contributed by atoms with Crippen molar-refractivity contribution in [1.82, 2.24) is 0 Å². The Morgan fingerprint density at radius 2 is 1.46 bits per heavy atom. The molecular formula is C26H28Cl2N4O5. The van der Waals surface area contributed by atoms with Crippen molar-refractivity contribution in [3.63, 3.8) is 0 Å². The second-order valence-electron chi connectivity index (χ2n) is 8.07. The van der Waals surface area contributed by atoms with E-state index < -0.39 is 23.8 Å². The molecule has 1 atom stereocenters. The quantitative estimate of drug-likeness (QED) is 0.0798. The molecule has 0 bridgehead atoms. The highest BCUT2D eigenvalue weighted by molar-refractivity contribution is 6.11. The average Bonchev–Trinajstić information content (AvgIpc) is 2.84. The fourth-order valence-electron chi connectivity index (χ4n) is 3.23. The first-order chi connectivity index (χ1) is 16.7. The highest BCUT2D eigenvalue weighted by atomic mass is 35.5. The van der Waals surface area contributed by atoms with Crippen LogP contribution in [0.1, 0.15) is 51.6 Å². The molecule has 0 aliphatic rings. The van der Waals surface area contributed by atoms with Crippen LogP contribution in [0.2, 0.25) is 0 Å². The summed E-state index contributed by atoms with van der Waals surface area (Å²) >= 11 is 0. The van der Waals surface area contributed by atoms with Gasteiger partial charge in [-0.05, 0) is 35.7 Å². The molecule has 0 heterocycles. The lowest BCUT2D eigenvalue weighted by Gasteiger charge is -2.17. The van der Waals surface area contributed by atoms with Gasteiger partial charge in [0.25, 0.3) is 5.91 Å². The minimum atomic E-state index is -1.81. The lowest BCUT2D eigenvalue weighted by Crippen LogP contribution is -2.35. The molecule has 0 aliphatic heterocycles. The number of benzene rings is 3. The maximum atomic E-state index is 12.8. The Morgan fingerprint density at radius 3 is 2.03 bits per heavy atom. The number of aliphatic carboxylic acids is 1. The molecule has 3 rings (SSSR count). The van der Waals surface area contributed by atoms with Gasteiger partial charge in [0.2, 0.25) is 11.9 Å². The van der Waals surface area contributed by atoms with Crippen molar-refractivity contribution >= 4 is 59.7 Å². The van der Waals surface area contributed by atoms with Crippen LogP contribution in [0.4, 0.5) is 11.4 Å². The number of amidine groups is 1. The highest BCUT2D eigenvalue weighted by Gasteiger charge is 2.29. The molecule has 0 radical (unpaired) electrons. The van der Waals surface area contributed by atoms with E-state index in [9.17, 15) is 19.5 Å². The van der Waals surface area contributed by atoms with Gasteiger partial charge in [-0.15, -0.1) is 24.8 Å². The molecule has 0 saturated carbocycles. The van der Waals surface area contributed by atoms with Gasteiger partial charge in [0.1, 0.15) is 5.84 Å². The van der Waals surface area contributed by atoms with Gasteiger partial charge in [0.15, 0.2) is 0 Å². The Hall–Kier alpha value is -3.92. The number of para-hydroxylation sites is 2. The number of rotatable bonds is 10. The van der Waals surface area contributed by atoms with E-state index in [0.717, 1.165) is 5.56 Å². The number of Topliss-reactive ketones (excluding diaryl/α,β-unsaturated/α-hetero) is 1. The van der Waals surface area contributed by atoms with Crippen molar-refractivity contribution in [2.24, 2.45) is 5.73 Å². The number of carbonyl (C=O) groups excluding carboxylic acids is 2. The molecule has 0 spiro atoms. The molecule has 1 amide bonds. The van der Waals surface area contributed by atoms with E-state index in [1.807, 2.05) is 13.8 Å². The Balaban J connectivity index is 0.00000342. The first-order valence-electron chi connectivity index (χ1n) is 10.8. The SMILES string of the molecule is CC(C)c1ccc(C(=O)C(ONc2ccccc2NC(=O)c2cccc(C(=N)N)c2)C(=O)O)cc1.Cl.Cl. The summed E-state index contributed by atoms with van der Waals surface area (Å²) in [5, 5.41) is 19.8. The van der Waals surface area contributed by atoms with Gasteiger partial charge < -0.3 is 16.2 Å². The number of hydrogen-bond acceptors (Lipinski definition) is 6. The molecule has 3 aromatic rings. The van der Waals surface area contributed by atoms with E-state index in [4.69, 9.17) is 16.0 Å². The number of carboxylic acids is 1. The highest BCUT2D eigenvalue weighted by Crippen LogP contribution is 2.23. The zero-order chi connectivity index (χ0) is 25.5. The Bertz CT molecular complexity index is 1270. The molecular weight excluding hydrogens is 519 g/mol. The number of amides is 1. The maximum absolute atomic E-state index is 12.8. The Morgan fingerprint density at radius 1 is 0.865 bits per heavy atom. The van der Waals surface area contributed by atoms with Gasteiger partial charge in [-0.25, -0.2) is 4.79 Å². The minimum Gasteiger partial charge on any atom is -0.479 e. The van der Waals surface area contributed by atoms with Crippen molar-refractivity contribution in [2.75, 3.05) is 10.8 Å². The van der Waals surface area contributed by atoms with E-state index >= 15 is 0 Å². The second kappa shape index (κ2) is 14.0. The van der Waals surface area contributed by atoms with Gasteiger partial charge in [-0.3, -0.25) is 25.3 Å². The van der Waals surface area contributed by atoms with Crippen LogP contribution in [-0.4, -0.2) is 34.7 Å². The van der Waals surface area contributed by atoms with E-state index in [-0.39, 0.29) is 53.4 Å². The third-order valence-corrected chi connectivity index (χ3v) is 5.22. The first kappa shape index (κ1) is 31.1. The number of carbonyl (C=O) groups is 3. The van der Waals surface area contributed by atoms with Crippen LogP contribution in [-0.2, 0) is 9.63 Å². The summed E-state index contributed by atoms with van der Waals surface area (Å²) in [7, 11) is 0. The number of hydrogen-bond donors (Lipinski definition) is 5. The van der Waals surface area contributed by atoms with E-state index in [0.29, 0.717) is 11.3 Å². The predicted octanol–water partition coefficient (Wildman–Crippen LogP) is 4.87. The van der Waals surface area contributed by atoms with Gasteiger partial charge in [-0.2, -0.15) is 0 Å². The number of nitrogens with two attached hydrogens (primary N) is 1. The molecule has 9 nitrogen and oxygen atoms in total. The Labute approximate surface area is 226 Å². The van der Waals surface area contributed by atoms with Crippen LogP contribution in [0.15, 0.2) is 72.8 Å². The van der Waals surface area contributed by atoms with E-state index in [1.54, 1.807) is 66.7 Å². The summed E-state index contributed by atoms with van der Waals surface area (Å²) < 4.78 is 0. The summed E-state index contributed by atoms with van der Waals surface area (Å²) in [6, 6.07) is 19.4. The fourth-order valence-corrected chi connectivity index (χ4v) is 3.23. The van der Waals surface area contributed by atoms with Gasteiger partial charge in [-0.1, -0.05) is 62.4 Å². The fraction of sp³-hybridized carbons (Fsp3) is 0.154. The minimum absolute atomic E-state index is 0. The zero-order valence-electron chi connectivity index (χ0n) is 20.1. The van der Waals surface area contributed by atoms with Crippen molar-refractivity contribution in [1.29, 1.82) is 5.41 Å². The van der Waals surface area contributed by atoms with Crippen LogP contribution in [0.5, 0.6) is 0 Å². The van der Waals surface area contributed by atoms with E-state index in [1.165, 1.54) is 6.07 Å². The van der Waals surface area contributed by atoms with Gasteiger partial charge in [0, 0.05) is 16.7 Å². The molecule has 11 heteroatoms. The normalized spacial score (nSPS) is 10.9. The summed E-state index contributed by atoms with van der Waals surface area (Å²) in [5.74, 6) is -2.55. The zero-order valence-corrected chi connectivity index (χ0v) is 21.7. The monoisotopic (exact) mass is 546 g/mol. The molecule has 0 aromatic heterocycles. The topological polar surface area (TPSA) is 155 Å². The number of nitrogen functional groups attached to an aromatic ring is 1.